The number of carboxylic acids is 1. The molecular formula is C53H90N5NaO17. The molecular weight excluding hydrogens is 1000 g/mol. The predicted molar refractivity (Wildman–Crippen MR) is 285 cm³/mol. The summed E-state index contributed by atoms with van der Waals surface area (Å²) in [6, 6.07) is 10.1. The van der Waals surface area contributed by atoms with Crippen LogP contribution < -0.4 is 45.5 Å². The van der Waals surface area contributed by atoms with Crippen molar-refractivity contribution in [1.29, 1.82) is 0 Å². The van der Waals surface area contributed by atoms with Crippen LogP contribution in [-0.2, 0) is 18.9 Å². The first-order valence-electron chi connectivity index (χ1n) is 24.2. The molecule has 7 N–H and O–H groups in total. The number of rotatable bonds is 11. The van der Waals surface area contributed by atoms with E-state index in [2.05, 4.69) is 16.0 Å². The Labute approximate surface area is 472 Å². The summed E-state index contributed by atoms with van der Waals surface area (Å²) in [7, 11) is 0. The first-order chi connectivity index (χ1) is 33.0. The number of carbonyl (C=O) groups is 5. The molecule has 0 spiro atoms. The molecule has 0 radical (unpaired) electrons. The number of aliphatic hydroxyl groups excluding tert-OH is 2. The van der Waals surface area contributed by atoms with Crippen molar-refractivity contribution in [3.05, 3.63) is 79.9 Å². The van der Waals surface area contributed by atoms with Crippen molar-refractivity contribution in [2.24, 2.45) is 17.8 Å². The molecule has 2 aromatic rings. The molecule has 0 atom stereocenters. The van der Waals surface area contributed by atoms with E-state index in [-0.39, 0.29) is 105 Å². The van der Waals surface area contributed by atoms with Crippen LogP contribution in [-0.4, -0.2) is 116 Å². The average Bonchev–Trinajstić information content (AvgIpc) is 3.27. The number of aromatic carboxylic acids is 1. The van der Waals surface area contributed by atoms with Gasteiger partial charge in [0, 0.05) is 43.9 Å². The molecule has 76 heavy (non-hydrogen) atoms. The van der Waals surface area contributed by atoms with E-state index < -0.39 is 44.7 Å². The largest absolute Gasteiger partial charge is 1.00 e. The molecule has 0 bridgehead atoms. The second-order valence-corrected chi connectivity index (χ2v) is 21.0. The Bertz CT molecular complexity index is 1920. The van der Waals surface area contributed by atoms with E-state index in [9.17, 15) is 54.4 Å². The van der Waals surface area contributed by atoms with Crippen LogP contribution in [0.1, 0.15) is 182 Å². The molecule has 0 aromatic heterocycles. The fraction of sp³-hybridized carbons (Fsp3) is 0.679. The normalized spacial score (nSPS) is 19.6. The van der Waals surface area contributed by atoms with Crippen molar-refractivity contribution in [2.45, 2.75) is 197 Å². The molecule has 5 rings (SSSR count). The number of benzene rings is 2. The van der Waals surface area contributed by atoms with Crippen LogP contribution in [0.15, 0.2) is 48.5 Å². The molecule has 430 valence electrons. The summed E-state index contributed by atoms with van der Waals surface area (Å²) in [5.41, 5.74) is -1.23. The van der Waals surface area contributed by atoms with Crippen LogP contribution in [0.2, 0.25) is 0 Å². The molecule has 0 saturated heterocycles. The fourth-order valence-electron chi connectivity index (χ4n) is 7.44. The number of esters is 1. The Morgan fingerprint density at radius 2 is 0.776 bits per heavy atom. The smallest absolute Gasteiger partial charge is 0.870 e. The van der Waals surface area contributed by atoms with Gasteiger partial charge in [0.25, 0.3) is 11.4 Å². The third-order valence-electron chi connectivity index (χ3n) is 11.1. The van der Waals surface area contributed by atoms with Crippen molar-refractivity contribution in [3.63, 3.8) is 0 Å². The molecule has 23 heteroatoms. The molecule has 0 heterocycles. The van der Waals surface area contributed by atoms with Crippen LogP contribution in [0.25, 0.3) is 0 Å². The number of nitro benzene ring substituents is 2. The molecule has 3 aliphatic rings. The molecule has 2 aromatic carbocycles. The maximum absolute atomic E-state index is 12.2. The Morgan fingerprint density at radius 1 is 0.513 bits per heavy atom. The van der Waals surface area contributed by atoms with Crippen molar-refractivity contribution >= 4 is 41.6 Å². The third kappa shape index (κ3) is 35.2. The van der Waals surface area contributed by atoms with E-state index in [0.29, 0.717) is 43.0 Å². The van der Waals surface area contributed by atoms with Crippen molar-refractivity contribution in [2.75, 3.05) is 19.6 Å². The van der Waals surface area contributed by atoms with Crippen LogP contribution in [0, 0.1) is 38.0 Å². The number of non-ortho nitro benzene ring substituents is 2. The minimum absolute atomic E-state index is 0. The van der Waals surface area contributed by atoms with Gasteiger partial charge in [0.05, 0.1) is 33.2 Å². The van der Waals surface area contributed by atoms with Gasteiger partial charge in [-0.05, 0) is 181 Å². The number of nitrogens with one attached hydrogen (secondary N) is 3. The summed E-state index contributed by atoms with van der Waals surface area (Å²) in [6.45, 7) is 18.4. The number of hydrogen-bond donors (Lipinski definition) is 6. The van der Waals surface area contributed by atoms with Gasteiger partial charge < -0.3 is 55.7 Å². The van der Waals surface area contributed by atoms with E-state index in [1.807, 2.05) is 62.3 Å². The van der Waals surface area contributed by atoms with Gasteiger partial charge in [0.2, 0.25) is 0 Å². The van der Waals surface area contributed by atoms with E-state index in [1.165, 1.54) is 36.4 Å². The summed E-state index contributed by atoms with van der Waals surface area (Å²) in [5, 5.41) is 56.3. The quantitative estimate of drug-likeness (QED) is 0.0408. The van der Waals surface area contributed by atoms with Gasteiger partial charge >= 0.3 is 59.8 Å². The Hall–Kier alpha value is -5.13. The number of aliphatic hydroxyl groups is 2. The number of nitrogens with zero attached hydrogens (tertiary/aromatic N) is 2. The third-order valence-corrected chi connectivity index (χ3v) is 11.1. The molecule has 0 aliphatic heterocycles. The van der Waals surface area contributed by atoms with Crippen LogP contribution in [0.3, 0.4) is 0 Å². The topological polar surface area (TPSA) is 335 Å². The first-order valence-corrected chi connectivity index (χ1v) is 24.2. The van der Waals surface area contributed by atoms with Crippen molar-refractivity contribution < 1.29 is 103 Å². The predicted octanol–water partition coefficient (Wildman–Crippen LogP) is 7.99. The van der Waals surface area contributed by atoms with Gasteiger partial charge in [-0.25, -0.2) is 24.0 Å². The van der Waals surface area contributed by atoms with Gasteiger partial charge in [-0.1, -0.05) is 22.3 Å². The van der Waals surface area contributed by atoms with Crippen LogP contribution >= 0.6 is 0 Å². The number of hydrogen-bond acceptors (Lipinski definition) is 16. The molecule has 3 amide bonds. The number of carbonyl (C=O) groups excluding carboxylic acids is 4. The van der Waals surface area contributed by atoms with Gasteiger partial charge in [0.1, 0.15) is 22.9 Å². The van der Waals surface area contributed by atoms with Gasteiger partial charge in [-0.15, -0.1) is 0 Å². The molecule has 0 unspecified atom stereocenters. The van der Waals surface area contributed by atoms with Crippen LogP contribution in [0.5, 0.6) is 0 Å². The molecule has 3 fully saturated rings. The van der Waals surface area contributed by atoms with E-state index in [1.54, 1.807) is 0 Å². The van der Waals surface area contributed by atoms with Crippen LogP contribution in [0.4, 0.5) is 25.8 Å². The first kappa shape index (κ1) is 77.4. The maximum Gasteiger partial charge on any atom is 1.00 e. The monoisotopic (exact) mass is 1090 g/mol. The Balaban J connectivity index is -0.000000465. The Kier molecular flexibility index (Phi) is 38.3. The second kappa shape index (κ2) is 37.6. The number of amides is 3. The fourth-order valence-corrected chi connectivity index (χ4v) is 7.44. The summed E-state index contributed by atoms with van der Waals surface area (Å²) < 4.78 is 21.0. The minimum Gasteiger partial charge on any atom is -0.870 e. The number of nitro groups is 2. The molecule has 22 nitrogen and oxygen atoms in total. The SMILES string of the molecule is C.C.C.CC(C)(C)OC(=O)NCC1CCC(O)CC1.CC(C)(C)OC(=O)NCC1CCC(O)CC1.CC(C)(C)OC(=O)NCC1CCC(OC(=O)c2ccc([N+](=O)[O-])cc2)CC1.O=C(O)c1ccc([N+](=O)[O-])cc1.[Na+].[OH-]. The summed E-state index contributed by atoms with van der Waals surface area (Å²) in [6.07, 6.45) is 8.87. The Morgan fingerprint density at radius 3 is 1.03 bits per heavy atom. The van der Waals surface area contributed by atoms with Gasteiger partial charge in [0.15, 0.2) is 0 Å². The molecule has 3 saturated carbocycles. The van der Waals surface area contributed by atoms with E-state index >= 15 is 0 Å². The van der Waals surface area contributed by atoms with E-state index in [0.717, 1.165) is 89.2 Å². The second-order valence-electron chi connectivity index (χ2n) is 21.0. The van der Waals surface area contributed by atoms with Crippen molar-refractivity contribution in [1.82, 2.24) is 16.0 Å². The van der Waals surface area contributed by atoms with Crippen molar-refractivity contribution in [3.8, 4) is 0 Å². The zero-order valence-corrected chi connectivity index (χ0v) is 46.2. The summed E-state index contributed by atoms with van der Waals surface area (Å²) >= 11 is 0. The number of ether oxygens (including phenoxy) is 4. The van der Waals surface area contributed by atoms with E-state index in [4.69, 9.17) is 24.1 Å². The summed E-state index contributed by atoms with van der Waals surface area (Å²) in [4.78, 5) is 76.6. The number of alkyl carbamates (subject to hydrolysis) is 3. The maximum atomic E-state index is 12.2. The molecule has 3 aliphatic carbocycles. The average molecular weight is 1090 g/mol. The number of carboxylic acid groups (broad SMARTS) is 1. The standard InChI is InChI=1S/C19H26N2O6.2C12H23NO3.C7H5NO4.3CH4.Na.H2O/c1-19(2,3)27-18(23)20-12-13-4-10-16(11-5-13)26-17(22)14-6-8-15(9-7-14)21(24)25;2*1-12(2,3)16-11(15)13-8-9-4-6-10(14)7-5-9;9-7(10)5-1-3-6(4-2-5)8(11)12;;;;;/h6-9,13,16H,4-5,10-12H2,1-3H3,(H,20,23);2*9-10,14H,4-8H2,1-3H3,(H,13,15);1-4H,(H,9,10);3*1H4;;1H2/q;;;;;;;+1;/p-1. The summed E-state index contributed by atoms with van der Waals surface area (Å²) in [5.74, 6) is -0.274. The van der Waals surface area contributed by atoms with Gasteiger partial charge in [-0.3, -0.25) is 20.2 Å². The zero-order chi connectivity index (χ0) is 53.5. The van der Waals surface area contributed by atoms with Gasteiger partial charge in [-0.2, -0.15) is 0 Å². The minimum atomic E-state index is -1.09. The zero-order valence-electron chi connectivity index (χ0n) is 44.2.